The Balaban J connectivity index is 3.52. The lowest BCUT2D eigenvalue weighted by atomic mass is 9.97. The van der Waals surface area contributed by atoms with Crippen LogP contribution in [0.15, 0.2) is 12.1 Å². The quantitative estimate of drug-likeness (QED) is 0.769. The molecule has 0 saturated heterocycles. The molecule has 1 amide bonds. The minimum absolute atomic E-state index is 0.0781. The van der Waals surface area contributed by atoms with Gasteiger partial charge in [-0.05, 0) is 25.0 Å². The van der Waals surface area contributed by atoms with Crippen molar-refractivity contribution < 1.29 is 14.7 Å². The molecule has 80 valence electrons. The average molecular weight is 207 g/mol. The van der Waals surface area contributed by atoms with E-state index in [0.717, 1.165) is 0 Å². The fourth-order valence-corrected chi connectivity index (χ4v) is 1.50. The normalized spacial score (nSPS) is 9.80. The summed E-state index contributed by atoms with van der Waals surface area (Å²) in [5, 5.41) is 11.5. The Morgan fingerprint density at radius 2 is 1.60 bits per heavy atom. The highest BCUT2D eigenvalue weighted by atomic mass is 16.4. The number of aryl methyl sites for hydroxylation is 2. The summed E-state index contributed by atoms with van der Waals surface area (Å²) in [5.74, 6) is -1.44. The average Bonchev–Trinajstić information content (AvgIpc) is 2.19. The van der Waals surface area contributed by atoms with Crippen molar-refractivity contribution >= 4 is 11.9 Å². The topological polar surface area (TPSA) is 66.4 Å². The first kappa shape index (κ1) is 11.2. The van der Waals surface area contributed by atoms with Gasteiger partial charge in [0.25, 0.3) is 5.91 Å². The van der Waals surface area contributed by atoms with Gasteiger partial charge in [-0.2, -0.15) is 0 Å². The highest BCUT2D eigenvalue weighted by Gasteiger charge is 2.19. The molecule has 15 heavy (non-hydrogen) atoms. The summed E-state index contributed by atoms with van der Waals surface area (Å²) in [6.07, 6.45) is 0. The lowest BCUT2D eigenvalue weighted by Crippen LogP contribution is -2.23. The lowest BCUT2D eigenvalue weighted by molar-refractivity contribution is 0.0690. The molecule has 0 aliphatic heterocycles. The van der Waals surface area contributed by atoms with Crippen LogP contribution < -0.4 is 5.32 Å². The van der Waals surface area contributed by atoms with Crippen LogP contribution in [0.2, 0.25) is 0 Å². The highest BCUT2D eigenvalue weighted by molar-refractivity contribution is 6.06. The van der Waals surface area contributed by atoms with Crippen molar-refractivity contribution in [3.8, 4) is 0 Å². The fraction of sp³-hybridized carbons (Fsp3) is 0.273. The van der Waals surface area contributed by atoms with Crippen LogP contribution in [0.5, 0.6) is 0 Å². The van der Waals surface area contributed by atoms with E-state index >= 15 is 0 Å². The summed E-state index contributed by atoms with van der Waals surface area (Å²) < 4.78 is 0. The van der Waals surface area contributed by atoms with Crippen molar-refractivity contribution in [3.05, 3.63) is 34.4 Å². The molecule has 0 saturated carbocycles. The third-order valence-electron chi connectivity index (χ3n) is 2.29. The van der Waals surface area contributed by atoms with Gasteiger partial charge < -0.3 is 10.4 Å². The van der Waals surface area contributed by atoms with Crippen molar-refractivity contribution in [1.82, 2.24) is 5.32 Å². The van der Waals surface area contributed by atoms with E-state index in [-0.39, 0.29) is 17.0 Å². The number of hydrogen-bond donors (Lipinski definition) is 2. The molecule has 0 spiro atoms. The van der Waals surface area contributed by atoms with Gasteiger partial charge in [-0.1, -0.05) is 12.1 Å². The van der Waals surface area contributed by atoms with E-state index in [1.807, 2.05) is 0 Å². The molecule has 0 atom stereocenters. The third kappa shape index (κ3) is 1.98. The molecule has 1 aromatic rings. The maximum Gasteiger partial charge on any atom is 0.336 e. The second-order valence-electron chi connectivity index (χ2n) is 3.33. The zero-order valence-corrected chi connectivity index (χ0v) is 8.92. The Kier molecular flexibility index (Phi) is 3.09. The standard InChI is InChI=1S/C11H13NO3/c1-6-4-5-7(2)9(11(14)15)8(6)10(13)12-3/h4-5H,1-3H3,(H,12,13)(H,14,15). The number of amides is 1. The van der Waals surface area contributed by atoms with Crippen LogP contribution >= 0.6 is 0 Å². The lowest BCUT2D eigenvalue weighted by Gasteiger charge is -2.10. The van der Waals surface area contributed by atoms with E-state index in [0.29, 0.717) is 11.1 Å². The van der Waals surface area contributed by atoms with E-state index in [2.05, 4.69) is 5.32 Å². The molecule has 0 aromatic heterocycles. The van der Waals surface area contributed by atoms with Gasteiger partial charge in [0.1, 0.15) is 0 Å². The third-order valence-corrected chi connectivity index (χ3v) is 2.29. The minimum atomic E-state index is -1.07. The predicted molar refractivity (Wildman–Crippen MR) is 56.3 cm³/mol. The Labute approximate surface area is 87.9 Å². The highest BCUT2D eigenvalue weighted by Crippen LogP contribution is 2.18. The van der Waals surface area contributed by atoms with E-state index in [1.165, 1.54) is 7.05 Å². The van der Waals surface area contributed by atoms with E-state index in [1.54, 1.807) is 26.0 Å². The molecule has 0 unspecified atom stereocenters. The summed E-state index contributed by atoms with van der Waals surface area (Å²) in [5.41, 5.74) is 1.57. The van der Waals surface area contributed by atoms with Crippen LogP contribution in [0.25, 0.3) is 0 Å². The fourth-order valence-electron chi connectivity index (χ4n) is 1.50. The molecule has 4 nitrogen and oxygen atoms in total. The second kappa shape index (κ2) is 4.13. The molecule has 1 aromatic carbocycles. The monoisotopic (exact) mass is 207 g/mol. The van der Waals surface area contributed by atoms with Crippen LogP contribution in [0.4, 0.5) is 0 Å². The number of benzene rings is 1. The number of rotatable bonds is 2. The van der Waals surface area contributed by atoms with Gasteiger partial charge in [-0.3, -0.25) is 4.79 Å². The molecular formula is C11H13NO3. The SMILES string of the molecule is CNC(=O)c1c(C)ccc(C)c1C(=O)O. The first-order valence-electron chi connectivity index (χ1n) is 4.54. The molecule has 0 aliphatic rings. The van der Waals surface area contributed by atoms with Crippen LogP contribution in [0, 0.1) is 13.8 Å². The summed E-state index contributed by atoms with van der Waals surface area (Å²) in [4.78, 5) is 22.6. The van der Waals surface area contributed by atoms with Crippen molar-refractivity contribution in [3.63, 3.8) is 0 Å². The second-order valence-corrected chi connectivity index (χ2v) is 3.33. The number of carbonyl (C=O) groups excluding carboxylic acids is 1. The summed E-state index contributed by atoms with van der Waals surface area (Å²) >= 11 is 0. The number of hydrogen-bond acceptors (Lipinski definition) is 2. The van der Waals surface area contributed by atoms with Crippen LogP contribution in [0.1, 0.15) is 31.8 Å². The molecule has 0 bridgehead atoms. The van der Waals surface area contributed by atoms with Gasteiger partial charge in [0.2, 0.25) is 0 Å². The molecule has 0 radical (unpaired) electrons. The van der Waals surface area contributed by atoms with Crippen LogP contribution in [0.3, 0.4) is 0 Å². The van der Waals surface area contributed by atoms with Gasteiger partial charge >= 0.3 is 5.97 Å². The van der Waals surface area contributed by atoms with Crippen molar-refractivity contribution in [2.45, 2.75) is 13.8 Å². The predicted octanol–water partition coefficient (Wildman–Crippen LogP) is 1.36. The summed E-state index contributed by atoms with van der Waals surface area (Å²) in [6.45, 7) is 3.39. The van der Waals surface area contributed by atoms with Gasteiger partial charge in [0, 0.05) is 7.05 Å². The summed E-state index contributed by atoms with van der Waals surface area (Å²) in [7, 11) is 1.48. The van der Waals surface area contributed by atoms with Crippen molar-refractivity contribution in [2.24, 2.45) is 0 Å². The zero-order chi connectivity index (χ0) is 11.6. The first-order valence-corrected chi connectivity index (χ1v) is 4.54. The number of carboxylic acids is 1. The molecule has 0 aliphatic carbocycles. The minimum Gasteiger partial charge on any atom is -0.478 e. The number of aromatic carboxylic acids is 1. The van der Waals surface area contributed by atoms with Crippen LogP contribution in [-0.2, 0) is 0 Å². The molecule has 0 heterocycles. The zero-order valence-electron chi connectivity index (χ0n) is 8.92. The molecular weight excluding hydrogens is 194 g/mol. The van der Waals surface area contributed by atoms with E-state index in [9.17, 15) is 9.59 Å². The van der Waals surface area contributed by atoms with E-state index < -0.39 is 5.97 Å². The molecule has 4 heteroatoms. The van der Waals surface area contributed by atoms with Gasteiger partial charge in [-0.15, -0.1) is 0 Å². The molecule has 0 fully saturated rings. The Hall–Kier alpha value is -1.84. The number of nitrogens with one attached hydrogen (secondary N) is 1. The molecule has 1 rings (SSSR count). The molecule has 2 N–H and O–H groups in total. The largest absolute Gasteiger partial charge is 0.478 e. The van der Waals surface area contributed by atoms with Crippen molar-refractivity contribution in [2.75, 3.05) is 7.05 Å². The Morgan fingerprint density at radius 1 is 1.13 bits per heavy atom. The van der Waals surface area contributed by atoms with Gasteiger partial charge in [0.15, 0.2) is 0 Å². The van der Waals surface area contributed by atoms with Crippen molar-refractivity contribution in [1.29, 1.82) is 0 Å². The summed E-state index contributed by atoms with van der Waals surface area (Å²) in [6, 6.07) is 3.44. The first-order chi connectivity index (χ1) is 6.99. The number of carbonyl (C=O) groups is 2. The van der Waals surface area contributed by atoms with Crippen LogP contribution in [-0.4, -0.2) is 24.0 Å². The van der Waals surface area contributed by atoms with Gasteiger partial charge in [-0.25, -0.2) is 4.79 Å². The van der Waals surface area contributed by atoms with Gasteiger partial charge in [0.05, 0.1) is 11.1 Å². The Bertz CT molecular complexity index is 424. The maximum absolute atomic E-state index is 11.5. The Morgan fingerprint density at radius 3 is 2.00 bits per heavy atom. The van der Waals surface area contributed by atoms with E-state index in [4.69, 9.17) is 5.11 Å². The maximum atomic E-state index is 11.5. The number of carboxylic acid groups (broad SMARTS) is 1. The smallest absolute Gasteiger partial charge is 0.336 e.